The largest absolute Gasteiger partial charge is 0.497 e. The average Bonchev–Trinajstić information content (AvgIpc) is 3.12. The lowest BCUT2D eigenvalue weighted by molar-refractivity contribution is -0.136. The molecule has 0 aliphatic carbocycles. The van der Waals surface area contributed by atoms with Crippen LogP contribution >= 0.6 is 0 Å². The Hall–Kier alpha value is -3.03. The first-order chi connectivity index (χ1) is 14.0. The highest BCUT2D eigenvalue weighted by Gasteiger charge is 2.43. The van der Waals surface area contributed by atoms with Gasteiger partial charge in [-0.05, 0) is 31.0 Å². The molecule has 2 heterocycles. The van der Waals surface area contributed by atoms with E-state index in [1.165, 1.54) is 4.90 Å². The second-order valence-electron chi connectivity index (χ2n) is 7.01. The molecule has 8 heteroatoms. The highest BCUT2D eigenvalue weighted by atomic mass is 16.5. The zero-order valence-corrected chi connectivity index (χ0v) is 17.1. The maximum absolute atomic E-state index is 12.8. The number of amides is 3. The minimum absolute atomic E-state index is 0.0113. The Balaban J connectivity index is 1.86. The van der Waals surface area contributed by atoms with E-state index in [1.54, 1.807) is 36.3 Å². The molecule has 1 atom stereocenters. The van der Waals surface area contributed by atoms with E-state index < -0.39 is 18.0 Å². The molecule has 0 spiro atoms. The smallest absolute Gasteiger partial charge is 0.338 e. The third-order valence-corrected chi connectivity index (χ3v) is 5.26. The van der Waals surface area contributed by atoms with Gasteiger partial charge in [-0.3, -0.25) is 9.69 Å². The summed E-state index contributed by atoms with van der Waals surface area (Å²) in [6, 6.07) is 6.10. The first kappa shape index (κ1) is 20.7. The number of likely N-dealkylation sites (N-methyl/N-ethyl adjacent to an activating group) is 1. The lowest BCUT2D eigenvalue weighted by Gasteiger charge is -2.33. The lowest BCUT2D eigenvalue weighted by atomic mass is 9.95. The summed E-state index contributed by atoms with van der Waals surface area (Å²) in [6.07, 6.45) is 1.88. The number of rotatable bonds is 8. The quantitative estimate of drug-likeness (QED) is 0.675. The van der Waals surface area contributed by atoms with E-state index in [0.29, 0.717) is 30.1 Å². The fourth-order valence-electron chi connectivity index (χ4n) is 3.57. The number of esters is 1. The van der Waals surface area contributed by atoms with Crippen LogP contribution in [0.3, 0.4) is 0 Å². The molecule has 156 valence electrons. The first-order valence-corrected chi connectivity index (χ1v) is 9.90. The molecule has 0 saturated heterocycles. The van der Waals surface area contributed by atoms with E-state index in [0.717, 1.165) is 18.4 Å². The third kappa shape index (κ3) is 4.21. The van der Waals surface area contributed by atoms with Gasteiger partial charge in [0.15, 0.2) is 0 Å². The van der Waals surface area contributed by atoms with Crippen molar-refractivity contribution in [3.05, 3.63) is 41.1 Å². The predicted octanol–water partition coefficient (Wildman–Crippen LogP) is 2.22. The number of methoxy groups -OCH3 is 1. The van der Waals surface area contributed by atoms with Crippen molar-refractivity contribution in [2.45, 2.75) is 32.7 Å². The normalized spacial score (nSPS) is 18.3. The van der Waals surface area contributed by atoms with Crippen molar-refractivity contribution in [3.63, 3.8) is 0 Å². The number of hydrogen-bond donors (Lipinski definition) is 1. The summed E-state index contributed by atoms with van der Waals surface area (Å²) >= 11 is 0. The molecule has 1 N–H and O–H groups in total. The number of ether oxygens (including phenoxy) is 2. The molecule has 3 rings (SSSR count). The summed E-state index contributed by atoms with van der Waals surface area (Å²) in [5.41, 5.74) is 1.58. The number of unbranched alkanes of at least 4 members (excludes halogenated alkanes) is 1. The maximum atomic E-state index is 12.8. The minimum Gasteiger partial charge on any atom is -0.497 e. The SMILES string of the molecule is CCCCN(CC)C(=O)CN1C(=O)NC(c2ccc(OC)cc2)C2=C1COC2=O. The third-order valence-electron chi connectivity index (χ3n) is 5.26. The molecule has 1 aromatic carbocycles. The first-order valence-electron chi connectivity index (χ1n) is 9.90. The lowest BCUT2D eigenvalue weighted by Crippen LogP contribution is -2.51. The van der Waals surface area contributed by atoms with Gasteiger partial charge in [-0.1, -0.05) is 25.5 Å². The van der Waals surface area contributed by atoms with Gasteiger partial charge in [0.25, 0.3) is 0 Å². The second kappa shape index (κ2) is 8.98. The molecule has 0 bridgehead atoms. The van der Waals surface area contributed by atoms with Crippen molar-refractivity contribution in [2.75, 3.05) is 33.4 Å². The number of hydrogen-bond acceptors (Lipinski definition) is 5. The molecular formula is C21H27N3O5. The van der Waals surface area contributed by atoms with E-state index in [1.807, 2.05) is 6.92 Å². The Bertz CT molecular complexity index is 818. The molecule has 0 radical (unpaired) electrons. The summed E-state index contributed by atoms with van der Waals surface area (Å²) in [5, 5.41) is 2.84. The van der Waals surface area contributed by atoms with Crippen LogP contribution in [-0.2, 0) is 14.3 Å². The predicted molar refractivity (Wildman–Crippen MR) is 106 cm³/mol. The zero-order valence-electron chi connectivity index (χ0n) is 17.1. The van der Waals surface area contributed by atoms with Crippen molar-refractivity contribution in [3.8, 4) is 5.75 Å². The number of urea groups is 1. The van der Waals surface area contributed by atoms with Gasteiger partial charge in [-0.2, -0.15) is 0 Å². The van der Waals surface area contributed by atoms with E-state index in [-0.39, 0.29) is 19.1 Å². The van der Waals surface area contributed by atoms with Gasteiger partial charge >= 0.3 is 12.0 Å². The summed E-state index contributed by atoms with van der Waals surface area (Å²) in [7, 11) is 1.57. The summed E-state index contributed by atoms with van der Waals surface area (Å²) < 4.78 is 10.4. The van der Waals surface area contributed by atoms with E-state index in [2.05, 4.69) is 12.2 Å². The van der Waals surface area contributed by atoms with Crippen LogP contribution in [0.2, 0.25) is 0 Å². The molecule has 1 aromatic rings. The molecule has 0 aromatic heterocycles. The van der Waals surface area contributed by atoms with Crippen molar-refractivity contribution < 1.29 is 23.9 Å². The van der Waals surface area contributed by atoms with Crippen LogP contribution in [0.25, 0.3) is 0 Å². The number of nitrogens with one attached hydrogen (secondary N) is 1. The Morgan fingerprint density at radius 3 is 2.62 bits per heavy atom. The molecule has 2 aliphatic heterocycles. The van der Waals surface area contributed by atoms with Gasteiger partial charge in [0.1, 0.15) is 18.9 Å². The molecule has 3 amide bonds. The zero-order chi connectivity index (χ0) is 21.0. The highest BCUT2D eigenvalue weighted by Crippen LogP contribution is 2.35. The monoisotopic (exact) mass is 401 g/mol. The van der Waals surface area contributed by atoms with Crippen molar-refractivity contribution in [2.24, 2.45) is 0 Å². The van der Waals surface area contributed by atoms with Gasteiger partial charge in [-0.25, -0.2) is 9.59 Å². The second-order valence-corrected chi connectivity index (χ2v) is 7.01. The van der Waals surface area contributed by atoms with Crippen LogP contribution < -0.4 is 10.1 Å². The van der Waals surface area contributed by atoms with Crippen LogP contribution in [0.15, 0.2) is 35.5 Å². The number of carbonyl (C=O) groups is 3. The van der Waals surface area contributed by atoms with Crippen molar-refractivity contribution in [1.82, 2.24) is 15.1 Å². The van der Waals surface area contributed by atoms with E-state index in [4.69, 9.17) is 9.47 Å². The number of nitrogens with zero attached hydrogens (tertiary/aromatic N) is 2. The molecule has 29 heavy (non-hydrogen) atoms. The Labute approximate surface area is 170 Å². The number of cyclic esters (lactones) is 1. The van der Waals surface area contributed by atoms with Crippen molar-refractivity contribution in [1.29, 1.82) is 0 Å². The van der Waals surface area contributed by atoms with Crippen LogP contribution in [0.5, 0.6) is 5.75 Å². The van der Waals surface area contributed by atoms with Crippen LogP contribution in [0.1, 0.15) is 38.3 Å². The number of carbonyl (C=O) groups excluding carboxylic acids is 3. The summed E-state index contributed by atoms with van der Waals surface area (Å²) in [5.74, 6) is 0.0554. The topological polar surface area (TPSA) is 88.2 Å². The van der Waals surface area contributed by atoms with Crippen LogP contribution in [-0.4, -0.2) is 61.1 Å². The van der Waals surface area contributed by atoms with Gasteiger partial charge in [0, 0.05) is 13.1 Å². The molecular weight excluding hydrogens is 374 g/mol. The summed E-state index contributed by atoms with van der Waals surface area (Å²) in [4.78, 5) is 41.0. The minimum atomic E-state index is -0.618. The number of benzene rings is 1. The Kier molecular flexibility index (Phi) is 6.41. The molecule has 2 aliphatic rings. The standard InChI is InChI=1S/C21H27N3O5/c1-4-6-11-23(5-2)17(25)12-24-16-13-29-20(26)18(16)19(22-21(24)27)14-7-9-15(28-3)10-8-14/h7-10,19H,4-6,11-13H2,1-3H3,(H,22,27). The van der Waals surface area contributed by atoms with Crippen LogP contribution in [0, 0.1) is 0 Å². The van der Waals surface area contributed by atoms with Gasteiger partial charge in [0.2, 0.25) is 5.91 Å². The van der Waals surface area contributed by atoms with Gasteiger partial charge in [0.05, 0.1) is 24.4 Å². The highest BCUT2D eigenvalue weighted by molar-refractivity contribution is 5.98. The van der Waals surface area contributed by atoms with E-state index >= 15 is 0 Å². The fraction of sp³-hybridized carbons (Fsp3) is 0.476. The average molecular weight is 401 g/mol. The molecule has 1 unspecified atom stereocenters. The van der Waals surface area contributed by atoms with Crippen molar-refractivity contribution >= 4 is 17.9 Å². The van der Waals surface area contributed by atoms with Gasteiger partial charge in [-0.15, -0.1) is 0 Å². The molecule has 8 nitrogen and oxygen atoms in total. The fourth-order valence-corrected chi connectivity index (χ4v) is 3.57. The molecule has 0 saturated carbocycles. The summed E-state index contributed by atoms with van der Waals surface area (Å²) in [6.45, 7) is 5.07. The van der Waals surface area contributed by atoms with E-state index in [9.17, 15) is 14.4 Å². The van der Waals surface area contributed by atoms with Gasteiger partial charge < -0.3 is 19.7 Å². The Morgan fingerprint density at radius 2 is 2.00 bits per heavy atom. The van der Waals surface area contributed by atoms with Crippen LogP contribution in [0.4, 0.5) is 4.79 Å². The maximum Gasteiger partial charge on any atom is 0.338 e. The molecule has 0 fully saturated rings. The Morgan fingerprint density at radius 1 is 1.28 bits per heavy atom.